The molecule has 6 nitrogen and oxygen atoms in total. The van der Waals surface area contributed by atoms with E-state index in [2.05, 4.69) is 5.32 Å². The van der Waals surface area contributed by atoms with Gasteiger partial charge in [0.1, 0.15) is 0 Å². The fraction of sp³-hybridized carbons (Fsp3) is 0.417. The summed E-state index contributed by atoms with van der Waals surface area (Å²) in [6, 6.07) is 4.47. The number of hydrogen-bond donors (Lipinski definition) is 3. The van der Waals surface area contributed by atoms with Gasteiger partial charge in [0.05, 0.1) is 22.3 Å². The number of carbonyl (C=O) groups is 1. The number of hydrogen-bond acceptors (Lipinski definition) is 5. The van der Waals surface area contributed by atoms with Crippen molar-refractivity contribution in [3.63, 3.8) is 0 Å². The Hall–Kier alpha value is -1.76. The molecular formula is C12H16N2O4S. The number of amides is 1. The number of nitrogen functional groups attached to an aromatic ring is 1. The van der Waals surface area contributed by atoms with E-state index in [0.29, 0.717) is 12.8 Å². The van der Waals surface area contributed by atoms with Gasteiger partial charge in [0.15, 0.2) is 15.6 Å². The number of para-hydroxylation sites is 1. The Morgan fingerprint density at radius 2 is 2.21 bits per heavy atom. The molecule has 2 rings (SSSR count). The first-order valence-corrected chi connectivity index (χ1v) is 7.70. The molecule has 0 aromatic heterocycles. The predicted octanol–water partition coefficient (Wildman–Crippen LogP) is 0.281. The number of sulfone groups is 1. The van der Waals surface area contributed by atoms with E-state index in [1.807, 2.05) is 0 Å². The number of nitrogens with one attached hydrogen (secondary N) is 1. The van der Waals surface area contributed by atoms with Crippen LogP contribution < -0.4 is 11.1 Å². The SMILES string of the molecule is Nc1cccc(C(=O)NCC2CCCS2(=O)=O)c1O. The third-order valence-corrected chi connectivity index (χ3v) is 5.54. The Balaban J connectivity index is 2.04. The number of anilines is 1. The quantitative estimate of drug-likeness (QED) is 0.545. The molecule has 4 N–H and O–H groups in total. The fourth-order valence-electron chi connectivity index (χ4n) is 2.13. The van der Waals surface area contributed by atoms with Gasteiger partial charge < -0.3 is 16.2 Å². The lowest BCUT2D eigenvalue weighted by atomic mass is 10.1. The summed E-state index contributed by atoms with van der Waals surface area (Å²) in [6.07, 6.45) is 1.19. The molecular weight excluding hydrogens is 268 g/mol. The van der Waals surface area contributed by atoms with Crippen molar-refractivity contribution in [2.45, 2.75) is 18.1 Å². The normalized spacial score (nSPS) is 21.2. The minimum atomic E-state index is -3.09. The molecule has 1 saturated heterocycles. The van der Waals surface area contributed by atoms with Crippen molar-refractivity contribution in [3.05, 3.63) is 23.8 Å². The molecule has 0 radical (unpaired) electrons. The highest BCUT2D eigenvalue weighted by Gasteiger charge is 2.31. The van der Waals surface area contributed by atoms with Crippen LogP contribution in [-0.4, -0.2) is 37.0 Å². The van der Waals surface area contributed by atoms with Crippen molar-refractivity contribution in [2.24, 2.45) is 0 Å². The molecule has 1 atom stereocenters. The first-order chi connectivity index (χ1) is 8.92. The average molecular weight is 284 g/mol. The molecule has 1 heterocycles. The molecule has 0 saturated carbocycles. The van der Waals surface area contributed by atoms with E-state index in [-0.39, 0.29) is 29.3 Å². The molecule has 1 fully saturated rings. The van der Waals surface area contributed by atoms with Crippen LogP contribution in [0.1, 0.15) is 23.2 Å². The van der Waals surface area contributed by atoms with Gasteiger partial charge in [-0.05, 0) is 25.0 Å². The van der Waals surface area contributed by atoms with Crippen molar-refractivity contribution in [3.8, 4) is 5.75 Å². The molecule has 1 aliphatic heterocycles. The summed E-state index contributed by atoms with van der Waals surface area (Å²) in [5, 5.41) is 11.7. The number of phenolic OH excluding ortho intramolecular Hbond substituents is 1. The molecule has 1 aliphatic rings. The van der Waals surface area contributed by atoms with Crippen LogP contribution in [0.25, 0.3) is 0 Å². The molecule has 0 spiro atoms. The number of benzene rings is 1. The molecule has 1 aromatic rings. The molecule has 7 heteroatoms. The monoisotopic (exact) mass is 284 g/mol. The van der Waals surface area contributed by atoms with Gasteiger partial charge in [-0.15, -0.1) is 0 Å². The highest BCUT2D eigenvalue weighted by atomic mass is 32.2. The zero-order valence-electron chi connectivity index (χ0n) is 10.3. The van der Waals surface area contributed by atoms with Crippen molar-refractivity contribution in [1.82, 2.24) is 5.32 Å². The predicted molar refractivity (Wildman–Crippen MR) is 71.7 cm³/mol. The topological polar surface area (TPSA) is 109 Å². The van der Waals surface area contributed by atoms with E-state index in [1.165, 1.54) is 12.1 Å². The summed E-state index contributed by atoms with van der Waals surface area (Å²) in [5.74, 6) is -0.627. The summed E-state index contributed by atoms with van der Waals surface area (Å²) < 4.78 is 23.2. The van der Waals surface area contributed by atoms with Crippen LogP contribution in [0.4, 0.5) is 5.69 Å². The zero-order valence-corrected chi connectivity index (χ0v) is 11.1. The summed E-state index contributed by atoms with van der Waals surface area (Å²) >= 11 is 0. The molecule has 0 bridgehead atoms. The Morgan fingerprint density at radius 3 is 2.84 bits per heavy atom. The number of carbonyl (C=O) groups excluding carboxylic acids is 1. The maximum absolute atomic E-state index is 11.9. The van der Waals surface area contributed by atoms with Gasteiger partial charge in [0.2, 0.25) is 0 Å². The van der Waals surface area contributed by atoms with Gasteiger partial charge in [-0.3, -0.25) is 4.79 Å². The van der Waals surface area contributed by atoms with E-state index < -0.39 is 21.0 Å². The first kappa shape index (κ1) is 13.7. The molecule has 1 amide bonds. The summed E-state index contributed by atoms with van der Waals surface area (Å²) in [7, 11) is -3.09. The molecule has 104 valence electrons. The van der Waals surface area contributed by atoms with Crippen LogP contribution in [-0.2, 0) is 9.84 Å². The summed E-state index contributed by atoms with van der Waals surface area (Å²) in [4.78, 5) is 11.9. The highest BCUT2D eigenvalue weighted by Crippen LogP contribution is 2.24. The number of phenols is 1. The minimum absolute atomic E-state index is 0.0513. The van der Waals surface area contributed by atoms with Crippen LogP contribution >= 0.6 is 0 Å². The second kappa shape index (κ2) is 5.08. The van der Waals surface area contributed by atoms with Crippen LogP contribution in [0.3, 0.4) is 0 Å². The van der Waals surface area contributed by atoms with E-state index >= 15 is 0 Å². The molecule has 19 heavy (non-hydrogen) atoms. The molecule has 0 aliphatic carbocycles. The Bertz CT molecular complexity index is 598. The smallest absolute Gasteiger partial charge is 0.255 e. The van der Waals surface area contributed by atoms with Crippen molar-refractivity contribution < 1.29 is 18.3 Å². The zero-order chi connectivity index (χ0) is 14.0. The lowest BCUT2D eigenvalue weighted by Gasteiger charge is -2.12. The minimum Gasteiger partial charge on any atom is -0.505 e. The van der Waals surface area contributed by atoms with Crippen LogP contribution in [0.5, 0.6) is 5.75 Å². The number of rotatable bonds is 3. The summed E-state index contributed by atoms with van der Waals surface area (Å²) in [5.41, 5.74) is 5.66. The van der Waals surface area contributed by atoms with Gasteiger partial charge in [-0.1, -0.05) is 6.07 Å². The van der Waals surface area contributed by atoms with Crippen molar-refractivity contribution in [2.75, 3.05) is 18.0 Å². The van der Waals surface area contributed by atoms with Gasteiger partial charge in [-0.25, -0.2) is 8.42 Å². The number of aromatic hydroxyl groups is 1. The van der Waals surface area contributed by atoms with Gasteiger partial charge in [0, 0.05) is 6.54 Å². The Morgan fingerprint density at radius 1 is 1.47 bits per heavy atom. The highest BCUT2D eigenvalue weighted by molar-refractivity contribution is 7.92. The van der Waals surface area contributed by atoms with Crippen molar-refractivity contribution >= 4 is 21.4 Å². The molecule has 1 unspecified atom stereocenters. The third-order valence-electron chi connectivity index (χ3n) is 3.26. The van der Waals surface area contributed by atoms with Crippen LogP contribution in [0, 0.1) is 0 Å². The van der Waals surface area contributed by atoms with Crippen LogP contribution in [0.2, 0.25) is 0 Å². The largest absolute Gasteiger partial charge is 0.505 e. The lowest BCUT2D eigenvalue weighted by molar-refractivity contribution is 0.0951. The fourth-order valence-corrected chi connectivity index (χ4v) is 3.90. The van der Waals surface area contributed by atoms with Gasteiger partial charge in [-0.2, -0.15) is 0 Å². The number of nitrogens with two attached hydrogens (primary N) is 1. The van der Waals surface area contributed by atoms with Gasteiger partial charge >= 0.3 is 0 Å². The maximum atomic E-state index is 11.9. The average Bonchev–Trinajstić information content (AvgIpc) is 2.69. The van der Waals surface area contributed by atoms with E-state index in [9.17, 15) is 18.3 Å². The Kier molecular flexibility index (Phi) is 3.66. The third kappa shape index (κ3) is 2.81. The second-order valence-corrected chi connectivity index (χ2v) is 6.99. The van der Waals surface area contributed by atoms with Gasteiger partial charge in [0.25, 0.3) is 5.91 Å². The molecule has 1 aromatic carbocycles. The van der Waals surface area contributed by atoms with E-state index in [4.69, 9.17) is 5.73 Å². The first-order valence-electron chi connectivity index (χ1n) is 5.99. The summed E-state index contributed by atoms with van der Waals surface area (Å²) in [6.45, 7) is 0.0649. The van der Waals surface area contributed by atoms with Crippen LogP contribution in [0.15, 0.2) is 18.2 Å². The van der Waals surface area contributed by atoms with E-state index in [1.54, 1.807) is 6.07 Å². The second-order valence-electron chi connectivity index (χ2n) is 4.58. The van der Waals surface area contributed by atoms with Crippen molar-refractivity contribution in [1.29, 1.82) is 0 Å². The Labute approximate surface area is 111 Å². The maximum Gasteiger partial charge on any atom is 0.255 e. The van der Waals surface area contributed by atoms with E-state index in [0.717, 1.165) is 0 Å². The lowest BCUT2D eigenvalue weighted by Crippen LogP contribution is -2.34. The standard InChI is InChI=1S/C12H16N2O4S/c13-10-5-1-4-9(11(10)15)12(16)14-7-8-3-2-6-19(8,17)18/h1,4-5,8,15H,2-3,6-7,13H2,(H,14,16).